The van der Waals surface area contributed by atoms with Gasteiger partial charge in [-0.15, -0.1) is 24.8 Å². The Bertz CT molecular complexity index is 423. The lowest BCUT2D eigenvalue weighted by Crippen LogP contribution is -2.36. The molecule has 1 aliphatic rings. The molecule has 2 rings (SSSR count). The molecule has 6 heteroatoms. The molecule has 1 heterocycles. The lowest BCUT2D eigenvalue weighted by atomic mass is 9.94. The van der Waals surface area contributed by atoms with Crippen LogP contribution in [0.15, 0.2) is 30.3 Å². The summed E-state index contributed by atoms with van der Waals surface area (Å²) in [7, 11) is 2.16. The van der Waals surface area contributed by atoms with Crippen molar-refractivity contribution < 1.29 is 4.79 Å². The van der Waals surface area contributed by atoms with Crippen molar-refractivity contribution in [3.8, 4) is 0 Å². The molecule has 3 N–H and O–H groups in total. The summed E-state index contributed by atoms with van der Waals surface area (Å²) in [5.74, 6) is 0.656. The summed E-state index contributed by atoms with van der Waals surface area (Å²) < 4.78 is 0. The quantitative estimate of drug-likeness (QED) is 0.859. The van der Waals surface area contributed by atoms with Gasteiger partial charge in [-0.05, 0) is 50.9 Å². The number of rotatable bonds is 5. The molecular weight excluding hydrogens is 321 g/mol. The SMILES string of the molecule is CN1CCC(CCNC(=O)C(N)c2ccccc2)CC1.Cl.Cl. The Kier molecular flexibility index (Phi) is 10.4. The molecule has 1 saturated heterocycles. The topological polar surface area (TPSA) is 58.4 Å². The molecule has 1 fully saturated rings. The van der Waals surface area contributed by atoms with Crippen molar-refractivity contribution >= 4 is 30.7 Å². The Labute approximate surface area is 145 Å². The Morgan fingerprint density at radius 2 is 1.86 bits per heavy atom. The fourth-order valence-corrected chi connectivity index (χ4v) is 2.67. The molecule has 0 saturated carbocycles. The highest BCUT2D eigenvalue weighted by Crippen LogP contribution is 2.18. The predicted octanol–water partition coefficient (Wildman–Crippen LogP) is 2.38. The number of piperidine rings is 1. The highest BCUT2D eigenvalue weighted by molar-refractivity contribution is 5.85. The predicted molar refractivity (Wildman–Crippen MR) is 95.7 cm³/mol. The molecule has 126 valence electrons. The van der Waals surface area contributed by atoms with E-state index in [1.807, 2.05) is 30.3 Å². The van der Waals surface area contributed by atoms with Crippen LogP contribution in [0.25, 0.3) is 0 Å². The third-order valence-corrected chi connectivity index (χ3v) is 4.13. The van der Waals surface area contributed by atoms with Crippen LogP contribution in [0.3, 0.4) is 0 Å². The van der Waals surface area contributed by atoms with Crippen LogP contribution in [-0.2, 0) is 4.79 Å². The van der Waals surface area contributed by atoms with Gasteiger partial charge in [0.25, 0.3) is 0 Å². The van der Waals surface area contributed by atoms with Gasteiger partial charge in [-0.3, -0.25) is 4.79 Å². The Hall–Kier alpha value is -0.810. The third-order valence-electron chi connectivity index (χ3n) is 4.13. The maximum absolute atomic E-state index is 12.0. The van der Waals surface area contributed by atoms with Gasteiger partial charge in [-0.2, -0.15) is 0 Å². The first-order chi connectivity index (χ1) is 9.66. The Morgan fingerprint density at radius 3 is 2.45 bits per heavy atom. The summed E-state index contributed by atoms with van der Waals surface area (Å²) in [4.78, 5) is 14.4. The van der Waals surface area contributed by atoms with Gasteiger partial charge in [-0.1, -0.05) is 30.3 Å². The van der Waals surface area contributed by atoms with Gasteiger partial charge < -0.3 is 16.0 Å². The minimum atomic E-state index is -0.561. The fourth-order valence-electron chi connectivity index (χ4n) is 2.67. The molecule has 0 spiro atoms. The number of hydrogen-bond acceptors (Lipinski definition) is 3. The number of amides is 1. The average Bonchev–Trinajstić information content (AvgIpc) is 2.49. The standard InChI is InChI=1S/C16H25N3O.2ClH/c1-19-11-8-13(9-12-19)7-10-18-16(20)15(17)14-5-3-2-4-6-14;;/h2-6,13,15H,7-12,17H2,1H3,(H,18,20);2*1H. The van der Waals surface area contributed by atoms with Gasteiger partial charge in [0, 0.05) is 6.54 Å². The summed E-state index contributed by atoms with van der Waals surface area (Å²) in [6, 6.07) is 8.95. The van der Waals surface area contributed by atoms with Crippen LogP contribution in [0.2, 0.25) is 0 Å². The van der Waals surface area contributed by atoms with Gasteiger partial charge in [0.2, 0.25) is 5.91 Å². The van der Waals surface area contributed by atoms with Crippen molar-refractivity contribution in [2.45, 2.75) is 25.3 Å². The normalized spacial score (nSPS) is 17.0. The molecular formula is C16H27Cl2N3O. The Morgan fingerprint density at radius 1 is 1.27 bits per heavy atom. The molecule has 1 atom stereocenters. The molecule has 22 heavy (non-hydrogen) atoms. The van der Waals surface area contributed by atoms with Gasteiger partial charge in [-0.25, -0.2) is 0 Å². The number of halogens is 2. The molecule has 1 aliphatic heterocycles. The minimum Gasteiger partial charge on any atom is -0.354 e. The second-order valence-corrected chi connectivity index (χ2v) is 5.71. The fraction of sp³-hybridized carbons (Fsp3) is 0.562. The van der Waals surface area contributed by atoms with Crippen molar-refractivity contribution in [2.24, 2.45) is 11.7 Å². The number of nitrogens with two attached hydrogens (primary N) is 1. The van der Waals surface area contributed by atoms with Gasteiger partial charge in [0.05, 0.1) is 0 Å². The smallest absolute Gasteiger partial charge is 0.241 e. The molecule has 0 radical (unpaired) electrons. The molecule has 1 aromatic carbocycles. The highest BCUT2D eigenvalue weighted by Gasteiger charge is 2.18. The molecule has 0 bridgehead atoms. The lowest BCUT2D eigenvalue weighted by Gasteiger charge is -2.29. The molecule has 1 amide bonds. The van der Waals surface area contributed by atoms with E-state index in [1.54, 1.807) is 0 Å². The van der Waals surface area contributed by atoms with Gasteiger partial charge in [0.1, 0.15) is 6.04 Å². The van der Waals surface area contributed by atoms with E-state index < -0.39 is 6.04 Å². The van der Waals surface area contributed by atoms with Crippen molar-refractivity contribution in [2.75, 3.05) is 26.7 Å². The zero-order valence-corrected chi connectivity index (χ0v) is 14.7. The third kappa shape index (κ3) is 6.53. The summed E-state index contributed by atoms with van der Waals surface area (Å²) >= 11 is 0. The first-order valence-corrected chi connectivity index (χ1v) is 7.43. The molecule has 0 aromatic heterocycles. The van der Waals surface area contributed by atoms with Gasteiger partial charge >= 0.3 is 0 Å². The van der Waals surface area contributed by atoms with Crippen LogP contribution < -0.4 is 11.1 Å². The minimum absolute atomic E-state index is 0. The maximum atomic E-state index is 12.0. The monoisotopic (exact) mass is 347 g/mol. The molecule has 1 aromatic rings. The Balaban J connectivity index is 0.00000220. The van der Waals surface area contributed by atoms with E-state index in [0.29, 0.717) is 0 Å². The van der Waals surface area contributed by atoms with Crippen molar-refractivity contribution in [3.63, 3.8) is 0 Å². The number of carbonyl (C=O) groups is 1. The van der Waals surface area contributed by atoms with Crippen LogP contribution in [-0.4, -0.2) is 37.5 Å². The number of hydrogen-bond donors (Lipinski definition) is 2. The van der Waals surface area contributed by atoms with Crippen LogP contribution >= 0.6 is 24.8 Å². The van der Waals surface area contributed by atoms with E-state index in [9.17, 15) is 4.79 Å². The van der Waals surface area contributed by atoms with Crippen LogP contribution in [0, 0.1) is 5.92 Å². The number of carbonyl (C=O) groups excluding carboxylic acids is 1. The van der Waals surface area contributed by atoms with E-state index in [2.05, 4.69) is 17.3 Å². The number of benzene rings is 1. The second kappa shape index (κ2) is 10.8. The van der Waals surface area contributed by atoms with Gasteiger partial charge in [0.15, 0.2) is 0 Å². The summed E-state index contributed by atoms with van der Waals surface area (Å²) in [6.07, 6.45) is 3.52. The van der Waals surface area contributed by atoms with E-state index in [0.717, 1.165) is 24.4 Å². The van der Waals surface area contributed by atoms with Crippen molar-refractivity contribution in [1.29, 1.82) is 0 Å². The molecule has 4 nitrogen and oxygen atoms in total. The lowest BCUT2D eigenvalue weighted by molar-refractivity contribution is -0.122. The number of nitrogens with zero attached hydrogens (tertiary/aromatic N) is 1. The van der Waals surface area contributed by atoms with Crippen LogP contribution in [0.5, 0.6) is 0 Å². The zero-order valence-electron chi connectivity index (χ0n) is 13.0. The van der Waals surface area contributed by atoms with E-state index in [1.165, 1.54) is 25.9 Å². The van der Waals surface area contributed by atoms with Crippen LogP contribution in [0.1, 0.15) is 30.9 Å². The zero-order chi connectivity index (χ0) is 14.4. The highest BCUT2D eigenvalue weighted by atomic mass is 35.5. The van der Waals surface area contributed by atoms with E-state index in [4.69, 9.17) is 5.73 Å². The first kappa shape index (κ1) is 21.2. The van der Waals surface area contributed by atoms with E-state index in [-0.39, 0.29) is 30.7 Å². The maximum Gasteiger partial charge on any atom is 0.241 e. The summed E-state index contributed by atoms with van der Waals surface area (Å²) in [5, 5.41) is 2.96. The molecule has 0 aliphatic carbocycles. The van der Waals surface area contributed by atoms with E-state index >= 15 is 0 Å². The average molecular weight is 348 g/mol. The first-order valence-electron chi connectivity index (χ1n) is 7.43. The number of likely N-dealkylation sites (tertiary alicyclic amines) is 1. The van der Waals surface area contributed by atoms with Crippen molar-refractivity contribution in [1.82, 2.24) is 10.2 Å². The molecule has 1 unspecified atom stereocenters. The van der Waals surface area contributed by atoms with Crippen LogP contribution in [0.4, 0.5) is 0 Å². The summed E-state index contributed by atoms with van der Waals surface area (Å²) in [6.45, 7) is 3.07. The summed E-state index contributed by atoms with van der Waals surface area (Å²) in [5.41, 5.74) is 6.82. The van der Waals surface area contributed by atoms with Crippen molar-refractivity contribution in [3.05, 3.63) is 35.9 Å². The number of nitrogens with one attached hydrogen (secondary N) is 1. The largest absolute Gasteiger partial charge is 0.354 e. The second-order valence-electron chi connectivity index (χ2n) is 5.71.